The summed E-state index contributed by atoms with van der Waals surface area (Å²) >= 11 is 0. The third kappa shape index (κ3) is 5.46. The molecule has 1 saturated heterocycles. The molecule has 1 unspecified atom stereocenters. The van der Waals surface area contributed by atoms with E-state index in [2.05, 4.69) is 21.4 Å². The van der Waals surface area contributed by atoms with E-state index >= 15 is 0 Å². The third-order valence-electron chi connectivity index (χ3n) is 7.40. The van der Waals surface area contributed by atoms with Gasteiger partial charge in [0.1, 0.15) is 0 Å². The van der Waals surface area contributed by atoms with Crippen LogP contribution in [0.2, 0.25) is 0 Å². The summed E-state index contributed by atoms with van der Waals surface area (Å²) in [4.78, 5) is 26.7. The standard InChI is InChI=1S/C23H32N4O4S.K/c28-22(25-21-19-10-1-5-15(19)13-16-6-2-11-20(16)21)26-32(30,31)18-9-4-12-27(14-18)23(29)24-17-7-3-8-17;/h13,17-18H,1-12,14H2,(H3,24,25,26,28,29);/q;+1/p-1. The van der Waals surface area contributed by atoms with Gasteiger partial charge in [-0.2, -0.15) is 0 Å². The number of nitrogens with zero attached hydrogens (tertiary/aromatic N) is 2. The number of anilines is 1. The summed E-state index contributed by atoms with van der Waals surface area (Å²) in [5.74, 6) is 0. The summed E-state index contributed by atoms with van der Waals surface area (Å²) in [6.07, 6.45) is 9.91. The molecule has 10 heteroatoms. The van der Waals surface area contributed by atoms with Crippen LogP contribution in [0.4, 0.5) is 15.3 Å². The number of carbonyl (C=O) groups excluding carboxylic acids is 2. The number of likely N-dealkylation sites (tertiary alicyclic amines) is 1. The van der Waals surface area contributed by atoms with Gasteiger partial charge in [-0.3, -0.25) is 4.79 Å². The van der Waals surface area contributed by atoms with Gasteiger partial charge >= 0.3 is 57.4 Å². The molecular formula is C23H31KN4O4S. The maximum absolute atomic E-state index is 13.0. The van der Waals surface area contributed by atoms with Crippen LogP contribution in [0.25, 0.3) is 5.32 Å². The predicted molar refractivity (Wildman–Crippen MR) is 123 cm³/mol. The average Bonchev–Trinajstić information content (AvgIpc) is 3.39. The van der Waals surface area contributed by atoms with Gasteiger partial charge in [-0.1, -0.05) is 31.7 Å². The molecule has 2 N–H and O–H groups in total. The van der Waals surface area contributed by atoms with Crippen molar-refractivity contribution in [3.8, 4) is 0 Å². The summed E-state index contributed by atoms with van der Waals surface area (Å²) in [5, 5.41) is 6.27. The SMILES string of the molecule is O=C(Nc1c2c(cc3c1CCC3)CCC2)NS(=O)(=O)C1CCCN(C(=O)[N-]C2CCC2)C1.[K+]. The van der Waals surface area contributed by atoms with Gasteiger partial charge in [0.25, 0.3) is 0 Å². The van der Waals surface area contributed by atoms with Gasteiger partial charge < -0.3 is 15.5 Å². The van der Waals surface area contributed by atoms with Crippen molar-refractivity contribution < 1.29 is 69.4 Å². The molecular weight excluding hydrogens is 467 g/mol. The van der Waals surface area contributed by atoms with E-state index in [4.69, 9.17) is 0 Å². The van der Waals surface area contributed by atoms with Crippen LogP contribution < -0.4 is 61.4 Å². The zero-order valence-corrected chi connectivity index (χ0v) is 23.3. The number of urea groups is 2. The molecule has 33 heavy (non-hydrogen) atoms. The second kappa shape index (κ2) is 10.5. The van der Waals surface area contributed by atoms with Gasteiger partial charge in [0, 0.05) is 5.69 Å². The van der Waals surface area contributed by atoms with Crippen LogP contribution in [0.3, 0.4) is 0 Å². The Morgan fingerprint density at radius 1 is 0.939 bits per heavy atom. The quantitative estimate of drug-likeness (QED) is 0.594. The topological polar surface area (TPSA) is 110 Å². The minimum atomic E-state index is -3.91. The molecule has 1 aliphatic heterocycles. The van der Waals surface area contributed by atoms with Gasteiger partial charge in [-0.15, -0.1) is 0 Å². The van der Waals surface area contributed by atoms with E-state index in [-0.39, 0.29) is 70.0 Å². The third-order valence-corrected chi connectivity index (χ3v) is 9.13. The molecule has 5 rings (SSSR count). The molecule has 0 radical (unpaired) electrons. The molecule has 1 heterocycles. The summed E-state index contributed by atoms with van der Waals surface area (Å²) in [7, 11) is -3.91. The fraction of sp³-hybridized carbons (Fsp3) is 0.652. The zero-order chi connectivity index (χ0) is 22.3. The first-order valence-electron chi connectivity index (χ1n) is 11.9. The Labute approximate surface area is 238 Å². The van der Waals surface area contributed by atoms with Crippen LogP contribution in [0.5, 0.6) is 0 Å². The van der Waals surface area contributed by atoms with Gasteiger partial charge in [0.2, 0.25) is 10.0 Å². The fourth-order valence-electron chi connectivity index (χ4n) is 5.44. The normalized spacial score (nSPS) is 21.9. The fourth-order valence-corrected chi connectivity index (χ4v) is 6.77. The number of sulfonamides is 1. The number of benzene rings is 1. The van der Waals surface area contributed by atoms with Crippen LogP contribution >= 0.6 is 0 Å². The van der Waals surface area contributed by atoms with E-state index in [0.717, 1.165) is 74.6 Å². The Kier molecular flexibility index (Phi) is 8.12. The summed E-state index contributed by atoms with van der Waals surface area (Å²) in [5.41, 5.74) is 5.69. The van der Waals surface area contributed by atoms with Gasteiger partial charge in [0.15, 0.2) is 6.03 Å². The monoisotopic (exact) mass is 498 g/mol. The summed E-state index contributed by atoms with van der Waals surface area (Å²) in [6.45, 7) is 0.587. The van der Waals surface area contributed by atoms with Crippen LogP contribution in [-0.4, -0.2) is 49.8 Å². The smallest absolute Gasteiger partial charge is 0.435 e. The zero-order valence-electron chi connectivity index (χ0n) is 19.4. The first-order chi connectivity index (χ1) is 15.4. The Morgan fingerprint density at radius 2 is 1.61 bits per heavy atom. The molecule has 0 aromatic heterocycles. The van der Waals surface area contributed by atoms with Crippen molar-refractivity contribution in [2.45, 2.75) is 81.9 Å². The second-order valence-corrected chi connectivity index (χ2v) is 11.5. The molecule has 4 aliphatic rings. The van der Waals surface area contributed by atoms with Crippen molar-refractivity contribution in [2.75, 3.05) is 18.4 Å². The summed E-state index contributed by atoms with van der Waals surface area (Å²) in [6, 6.07) is 1.32. The number of aryl methyl sites for hydroxylation is 2. The first kappa shape index (κ1) is 25.4. The van der Waals surface area contributed by atoms with Crippen LogP contribution in [0, 0.1) is 0 Å². The molecule has 1 aromatic rings. The molecule has 174 valence electrons. The van der Waals surface area contributed by atoms with Crippen molar-refractivity contribution >= 4 is 27.8 Å². The van der Waals surface area contributed by atoms with Crippen LogP contribution in [0.1, 0.15) is 67.2 Å². The maximum atomic E-state index is 13.0. The van der Waals surface area contributed by atoms with Gasteiger partial charge in [-0.25, -0.2) is 17.9 Å². The van der Waals surface area contributed by atoms with E-state index < -0.39 is 21.3 Å². The van der Waals surface area contributed by atoms with Crippen LogP contribution in [-0.2, 0) is 35.7 Å². The number of rotatable bonds is 4. The van der Waals surface area contributed by atoms with E-state index in [1.54, 1.807) is 0 Å². The second-order valence-electron chi connectivity index (χ2n) is 9.54. The van der Waals surface area contributed by atoms with Crippen molar-refractivity contribution in [2.24, 2.45) is 0 Å². The molecule has 1 atom stereocenters. The number of piperidine rings is 1. The Balaban J connectivity index is 0.00000259. The molecule has 0 spiro atoms. The average molecular weight is 499 g/mol. The van der Waals surface area contributed by atoms with Gasteiger partial charge in [-0.05, 0) is 86.3 Å². The van der Waals surface area contributed by atoms with Crippen molar-refractivity contribution in [3.63, 3.8) is 0 Å². The van der Waals surface area contributed by atoms with E-state index in [0.29, 0.717) is 19.4 Å². The Hall–Kier alpha value is -0.654. The molecule has 0 bridgehead atoms. The molecule has 8 nitrogen and oxygen atoms in total. The maximum Gasteiger partial charge on any atom is 1.00 e. The number of amides is 4. The van der Waals surface area contributed by atoms with Crippen molar-refractivity contribution in [1.82, 2.24) is 9.62 Å². The van der Waals surface area contributed by atoms with Crippen molar-refractivity contribution in [1.29, 1.82) is 0 Å². The number of hydrogen-bond donors (Lipinski definition) is 2. The molecule has 1 saturated carbocycles. The molecule has 3 aliphatic carbocycles. The number of fused-ring (bicyclic) bond motifs is 2. The largest absolute Gasteiger partial charge is 1.00 e. The number of hydrogen-bond acceptors (Lipinski definition) is 4. The first-order valence-corrected chi connectivity index (χ1v) is 13.4. The van der Waals surface area contributed by atoms with Gasteiger partial charge in [0.05, 0.1) is 5.25 Å². The minimum absolute atomic E-state index is 0. The summed E-state index contributed by atoms with van der Waals surface area (Å²) < 4.78 is 28.2. The van der Waals surface area contributed by atoms with E-state index in [1.807, 2.05) is 0 Å². The minimum Gasteiger partial charge on any atom is -0.435 e. The Morgan fingerprint density at radius 3 is 2.21 bits per heavy atom. The number of carbonyl (C=O) groups is 2. The van der Waals surface area contributed by atoms with Crippen molar-refractivity contribution in [3.05, 3.63) is 33.6 Å². The van der Waals surface area contributed by atoms with E-state index in [9.17, 15) is 18.0 Å². The predicted octanol–water partition coefficient (Wildman–Crippen LogP) is 0.630. The molecule has 2 fully saturated rings. The van der Waals surface area contributed by atoms with E-state index in [1.165, 1.54) is 16.0 Å². The van der Waals surface area contributed by atoms with Crippen LogP contribution in [0.15, 0.2) is 6.07 Å². The molecule has 1 aromatic carbocycles. The Bertz CT molecular complexity index is 1010. The number of nitrogens with one attached hydrogen (secondary N) is 2. The molecule has 4 amide bonds.